The molecule has 3 N–H and O–H groups in total. The van der Waals surface area contributed by atoms with Crippen molar-refractivity contribution < 1.29 is 23.9 Å². The number of hydrogen-bond donors (Lipinski definition) is 2. The van der Waals surface area contributed by atoms with Crippen LogP contribution in [0.15, 0.2) is 71.9 Å². The molecule has 0 spiro atoms. The molecule has 0 aliphatic heterocycles. The summed E-state index contributed by atoms with van der Waals surface area (Å²) in [6.45, 7) is 4.82. The van der Waals surface area contributed by atoms with Crippen LogP contribution < -0.4 is 16.0 Å². The Morgan fingerprint density at radius 3 is 2.43 bits per heavy atom. The van der Waals surface area contributed by atoms with E-state index in [4.69, 9.17) is 20.2 Å². The van der Waals surface area contributed by atoms with Gasteiger partial charge in [0.25, 0.3) is 5.91 Å². The van der Waals surface area contributed by atoms with Gasteiger partial charge in [-0.3, -0.25) is 19.3 Å². The van der Waals surface area contributed by atoms with Crippen LogP contribution in [0.5, 0.6) is 0 Å². The summed E-state index contributed by atoms with van der Waals surface area (Å²) in [5.41, 5.74) is 9.64. The van der Waals surface area contributed by atoms with E-state index in [-0.39, 0.29) is 43.4 Å². The van der Waals surface area contributed by atoms with Gasteiger partial charge in [0.2, 0.25) is 0 Å². The van der Waals surface area contributed by atoms with Crippen molar-refractivity contribution in [3.63, 3.8) is 0 Å². The summed E-state index contributed by atoms with van der Waals surface area (Å²) < 4.78 is 12.3. The highest BCUT2D eigenvalue weighted by atomic mass is 16.5. The molecule has 0 aliphatic rings. The van der Waals surface area contributed by atoms with Gasteiger partial charge in [0.15, 0.2) is 6.73 Å². The lowest BCUT2D eigenvalue weighted by Gasteiger charge is -2.21. The van der Waals surface area contributed by atoms with Crippen LogP contribution in [-0.2, 0) is 32.7 Å². The number of fused-ring (bicyclic) bond motifs is 1. The first kappa shape index (κ1) is 34.6. The van der Waals surface area contributed by atoms with E-state index in [0.717, 1.165) is 48.3 Å². The topological polar surface area (TPSA) is 154 Å². The molecule has 47 heavy (non-hydrogen) atoms. The fourth-order valence-corrected chi connectivity index (χ4v) is 4.82. The SMILES string of the molecule is CCCCCC(=O)OC/N=C(\N)c1ccc(NCc2nc3cc(C(=O)N(CCC(=O)OCCC)c4ccccn4)ccc3n2C)cc1. The second-order valence-corrected chi connectivity index (χ2v) is 11.0. The van der Waals surface area contributed by atoms with E-state index in [1.165, 1.54) is 4.90 Å². The van der Waals surface area contributed by atoms with E-state index in [2.05, 4.69) is 22.2 Å². The minimum Gasteiger partial charge on any atom is -0.466 e. The Balaban J connectivity index is 1.39. The summed E-state index contributed by atoms with van der Waals surface area (Å²) in [5, 5.41) is 3.37. The molecule has 1 amide bonds. The zero-order valence-electron chi connectivity index (χ0n) is 27.3. The second-order valence-electron chi connectivity index (χ2n) is 11.0. The molecule has 4 aromatic rings. The van der Waals surface area contributed by atoms with Gasteiger partial charge < -0.3 is 25.1 Å². The van der Waals surface area contributed by atoms with Crippen molar-refractivity contribution in [2.45, 2.75) is 58.9 Å². The number of imidazole rings is 1. The third-order valence-corrected chi connectivity index (χ3v) is 7.47. The number of nitrogens with one attached hydrogen (secondary N) is 1. The van der Waals surface area contributed by atoms with Crippen molar-refractivity contribution in [1.82, 2.24) is 14.5 Å². The van der Waals surface area contributed by atoms with Gasteiger partial charge >= 0.3 is 11.9 Å². The van der Waals surface area contributed by atoms with Gasteiger partial charge in [-0.2, -0.15) is 0 Å². The summed E-state index contributed by atoms with van der Waals surface area (Å²) >= 11 is 0. The van der Waals surface area contributed by atoms with E-state index < -0.39 is 0 Å². The van der Waals surface area contributed by atoms with Gasteiger partial charge in [-0.15, -0.1) is 0 Å². The van der Waals surface area contributed by atoms with E-state index >= 15 is 0 Å². The van der Waals surface area contributed by atoms with Gasteiger partial charge in [0.1, 0.15) is 17.5 Å². The van der Waals surface area contributed by atoms with Crippen LogP contribution in [0.4, 0.5) is 11.5 Å². The van der Waals surface area contributed by atoms with Gasteiger partial charge in [-0.1, -0.05) is 32.8 Å². The van der Waals surface area contributed by atoms with E-state index in [1.54, 1.807) is 36.5 Å². The molecule has 0 fully saturated rings. The second kappa shape index (κ2) is 17.4. The molecule has 12 nitrogen and oxygen atoms in total. The number of aliphatic imine (C=N–C) groups is 1. The van der Waals surface area contributed by atoms with Crippen LogP contribution in [0.3, 0.4) is 0 Å². The lowest BCUT2D eigenvalue weighted by atomic mass is 10.1. The molecule has 248 valence electrons. The summed E-state index contributed by atoms with van der Waals surface area (Å²) in [5.74, 6) is 0.596. The first-order chi connectivity index (χ1) is 22.8. The van der Waals surface area contributed by atoms with Crippen molar-refractivity contribution in [3.05, 3.63) is 83.8 Å². The summed E-state index contributed by atoms with van der Waals surface area (Å²) in [6.07, 6.45) is 5.62. The van der Waals surface area contributed by atoms with Crippen molar-refractivity contribution in [2.75, 3.05) is 30.1 Å². The third kappa shape index (κ3) is 9.86. The number of unbranched alkanes of at least 4 members (excludes halogenated alkanes) is 2. The number of aromatic nitrogens is 3. The molecule has 4 rings (SSSR count). The molecule has 2 aromatic heterocycles. The highest BCUT2D eigenvalue weighted by Crippen LogP contribution is 2.21. The third-order valence-electron chi connectivity index (χ3n) is 7.47. The maximum Gasteiger partial charge on any atom is 0.307 e. The number of rotatable bonds is 17. The summed E-state index contributed by atoms with van der Waals surface area (Å²) in [7, 11) is 1.92. The number of esters is 2. The number of carbonyl (C=O) groups excluding carboxylic acids is 3. The Bertz CT molecular complexity index is 1670. The fraction of sp³-hybridized carbons (Fsp3) is 0.371. The molecule has 2 aromatic carbocycles. The Kier molecular flexibility index (Phi) is 12.8. The van der Waals surface area contributed by atoms with E-state index in [0.29, 0.717) is 36.5 Å². The summed E-state index contributed by atoms with van der Waals surface area (Å²) in [4.78, 5) is 52.4. The minimum absolute atomic E-state index is 0.0545. The lowest BCUT2D eigenvalue weighted by Crippen LogP contribution is -2.34. The van der Waals surface area contributed by atoms with Gasteiger partial charge in [-0.25, -0.2) is 15.0 Å². The number of hydrogen-bond acceptors (Lipinski definition) is 9. The van der Waals surface area contributed by atoms with Gasteiger partial charge in [0.05, 0.1) is 30.6 Å². The first-order valence-corrected chi connectivity index (χ1v) is 15.9. The molecule has 0 atom stereocenters. The van der Waals surface area contributed by atoms with E-state index in [1.807, 2.05) is 48.9 Å². The number of carbonyl (C=O) groups is 3. The number of anilines is 2. The molecular formula is C35H43N7O5. The molecule has 0 saturated carbocycles. The Labute approximate surface area is 275 Å². The highest BCUT2D eigenvalue weighted by molar-refractivity contribution is 6.07. The number of nitrogens with two attached hydrogens (primary N) is 1. The maximum atomic E-state index is 13.7. The van der Waals surface area contributed by atoms with Crippen molar-refractivity contribution in [1.29, 1.82) is 0 Å². The Morgan fingerprint density at radius 2 is 1.70 bits per heavy atom. The Morgan fingerprint density at radius 1 is 0.936 bits per heavy atom. The highest BCUT2D eigenvalue weighted by Gasteiger charge is 2.21. The van der Waals surface area contributed by atoms with Gasteiger partial charge in [-0.05, 0) is 67.4 Å². The molecule has 2 heterocycles. The monoisotopic (exact) mass is 641 g/mol. The van der Waals surface area contributed by atoms with E-state index in [9.17, 15) is 14.4 Å². The number of aryl methyl sites for hydroxylation is 1. The largest absolute Gasteiger partial charge is 0.466 e. The first-order valence-electron chi connectivity index (χ1n) is 15.9. The lowest BCUT2D eigenvalue weighted by molar-refractivity contribution is -0.144. The average Bonchev–Trinajstić information content (AvgIpc) is 3.41. The van der Waals surface area contributed by atoms with Crippen LogP contribution >= 0.6 is 0 Å². The molecule has 0 radical (unpaired) electrons. The average molecular weight is 642 g/mol. The number of pyridine rings is 1. The predicted octanol–water partition coefficient (Wildman–Crippen LogP) is 5.36. The smallest absolute Gasteiger partial charge is 0.307 e. The molecule has 0 saturated heterocycles. The number of amidine groups is 1. The molecular weight excluding hydrogens is 598 g/mol. The van der Waals surface area contributed by atoms with Gasteiger partial charge in [0, 0.05) is 43.0 Å². The maximum absolute atomic E-state index is 13.7. The van der Waals surface area contributed by atoms with Crippen molar-refractivity contribution in [2.24, 2.45) is 17.8 Å². The van der Waals surface area contributed by atoms with Crippen LogP contribution in [0, 0.1) is 0 Å². The van der Waals surface area contributed by atoms with Crippen LogP contribution in [0.2, 0.25) is 0 Å². The fourth-order valence-electron chi connectivity index (χ4n) is 4.82. The predicted molar refractivity (Wildman–Crippen MR) is 182 cm³/mol. The number of ether oxygens (including phenoxy) is 2. The minimum atomic E-state index is -0.361. The summed E-state index contributed by atoms with van der Waals surface area (Å²) in [6, 6.07) is 18.1. The zero-order valence-corrected chi connectivity index (χ0v) is 27.3. The molecule has 12 heteroatoms. The van der Waals surface area contributed by atoms with Crippen LogP contribution in [0.25, 0.3) is 11.0 Å². The van der Waals surface area contributed by atoms with Crippen LogP contribution in [0.1, 0.15) is 74.1 Å². The number of amides is 1. The zero-order chi connectivity index (χ0) is 33.6. The number of benzene rings is 2. The molecule has 0 bridgehead atoms. The standard InChI is InChI=1S/C35H43N7O5/c1-4-6-7-11-32(43)47-24-39-34(36)25-12-15-27(16-13-25)38-23-31-40-28-22-26(14-17-29(28)41(31)3)35(45)42(30-10-8-9-19-37-30)20-18-33(44)46-21-5-2/h8-10,12-17,19,22,38H,4-7,11,18,20-21,23-24H2,1-3H3,(H2,36,39). The van der Waals surface area contributed by atoms with Crippen molar-refractivity contribution >= 4 is 46.2 Å². The number of nitrogens with zero attached hydrogens (tertiary/aromatic N) is 5. The molecule has 0 aliphatic carbocycles. The Hall–Kier alpha value is -5.26. The molecule has 0 unspecified atom stereocenters. The normalized spacial score (nSPS) is 11.3. The van der Waals surface area contributed by atoms with Crippen molar-refractivity contribution in [3.8, 4) is 0 Å². The quantitative estimate of drug-likeness (QED) is 0.0671. The van der Waals surface area contributed by atoms with Crippen LogP contribution in [-0.4, -0.2) is 58.1 Å².